The highest BCUT2D eigenvalue weighted by atomic mass is 16.5. The Balaban J connectivity index is 1.79. The van der Waals surface area contributed by atoms with Crippen LogP contribution in [0.2, 0.25) is 0 Å². The Kier molecular flexibility index (Phi) is 20.3. The van der Waals surface area contributed by atoms with Gasteiger partial charge in [0, 0.05) is 39.8 Å². The van der Waals surface area contributed by atoms with Crippen LogP contribution in [0.5, 0.6) is 0 Å². The van der Waals surface area contributed by atoms with Gasteiger partial charge in [0.2, 0.25) is 23.6 Å². The average molecular weight is 850 g/mol. The van der Waals surface area contributed by atoms with E-state index in [4.69, 9.17) is 9.47 Å². The van der Waals surface area contributed by atoms with E-state index < -0.39 is 66.1 Å². The predicted octanol–water partition coefficient (Wildman–Crippen LogP) is 3.48. The molecule has 338 valence electrons. The van der Waals surface area contributed by atoms with Crippen molar-refractivity contribution >= 4 is 35.4 Å². The Hall–Kier alpha value is -4.86. The number of benzene rings is 2. The van der Waals surface area contributed by atoms with Crippen molar-refractivity contribution in [3.63, 3.8) is 0 Å². The number of hydrogen-bond acceptors (Lipinski definition) is 9. The average Bonchev–Trinajstić information content (AvgIpc) is 3.74. The van der Waals surface area contributed by atoms with Gasteiger partial charge in [-0.25, -0.2) is 0 Å². The molecule has 0 saturated carbocycles. The summed E-state index contributed by atoms with van der Waals surface area (Å²) in [6.45, 7) is 13.9. The van der Waals surface area contributed by atoms with Gasteiger partial charge in [-0.2, -0.15) is 0 Å². The number of methoxy groups -OCH3 is 2. The van der Waals surface area contributed by atoms with Gasteiger partial charge in [0.05, 0.1) is 42.7 Å². The van der Waals surface area contributed by atoms with Gasteiger partial charge in [0.1, 0.15) is 12.1 Å². The Morgan fingerprint density at radius 3 is 1.93 bits per heavy atom. The molecule has 1 saturated heterocycles. The third-order valence-electron chi connectivity index (χ3n) is 12.0. The molecule has 1 heterocycles. The normalized spacial score (nSPS) is 17.9. The van der Waals surface area contributed by atoms with E-state index in [0.717, 1.165) is 5.56 Å². The largest absolute Gasteiger partial charge is 0.379 e. The van der Waals surface area contributed by atoms with Crippen LogP contribution in [0, 0.1) is 23.7 Å². The molecule has 2 aromatic carbocycles. The maximum atomic E-state index is 14.3. The number of ether oxygens (including phenoxy) is 2. The summed E-state index contributed by atoms with van der Waals surface area (Å²) in [5, 5.41) is 8.90. The van der Waals surface area contributed by atoms with Gasteiger partial charge in [0.15, 0.2) is 0 Å². The van der Waals surface area contributed by atoms with E-state index in [1.54, 1.807) is 61.2 Å². The molecule has 1 aliphatic heterocycles. The number of carbonyl (C=O) groups is 6. The molecule has 6 amide bonds. The van der Waals surface area contributed by atoms with Crippen LogP contribution in [0.25, 0.3) is 0 Å². The van der Waals surface area contributed by atoms with Gasteiger partial charge in [-0.05, 0) is 55.3 Å². The SMILES string of the molecule is CC[C@H](C)[C@@H]([C@H](CC(=O)N1CCC[C@H]1[C@H](OC)[C@@H](C)C(=O)N[C@@H](Cc1ccccc1)C(=O)NNC(=O)c1ccccc1)OC)N(C)C(=O)[C@@H](NC(=O)[C@@H](NC)C(C)C)C(C)C. The van der Waals surface area contributed by atoms with E-state index in [-0.39, 0.29) is 48.3 Å². The molecule has 1 aliphatic rings. The molecular weight excluding hydrogens is 779 g/mol. The zero-order valence-corrected chi connectivity index (χ0v) is 38.0. The van der Waals surface area contributed by atoms with Gasteiger partial charge >= 0.3 is 0 Å². The zero-order valence-electron chi connectivity index (χ0n) is 38.0. The van der Waals surface area contributed by atoms with Crippen LogP contribution in [0.4, 0.5) is 0 Å². The molecule has 9 atom stereocenters. The van der Waals surface area contributed by atoms with Gasteiger partial charge in [-0.3, -0.25) is 39.6 Å². The van der Waals surface area contributed by atoms with Crippen LogP contribution >= 0.6 is 0 Å². The van der Waals surface area contributed by atoms with Crippen molar-refractivity contribution in [2.45, 2.75) is 123 Å². The molecular formula is C46H71N7O8. The highest BCUT2D eigenvalue weighted by Gasteiger charge is 2.43. The molecule has 0 aliphatic carbocycles. The fraction of sp³-hybridized carbons (Fsp3) is 0.609. The lowest BCUT2D eigenvalue weighted by atomic mass is 9.89. The standard InChI is InChI=1S/C46H71N7O8/c1-12-30(6)40(52(9)46(59)39(29(4)5)49-45(58)38(47-8)28(2)3)36(60-10)27-37(54)53-25-19-24-35(53)41(61-11)31(7)42(55)48-34(26-32-20-15-13-16-21-32)44(57)51-50-43(56)33-22-17-14-18-23-33/h13-18,20-23,28-31,34-36,38-41,47H,12,19,24-27H2,1-11H3,(H,48,55)(H,49,58)(H,50,56)(H,51,57)/t30-,31+,34-,35-,36-,38-,39-,40-,41+/m0/s1. The fourth-order valence-corrected chi connectivity index (χ4v) is 8.28. The maximum absolute atomic E-state index is 14.3. The van der Waals surface area contributed by atoms with Gasteiger partial charge in [-0.15, -0.1) is 0 Å². The van der Waals surface area contributed by atoms with Crippen LogP contribution in [0.3, 0.4) is 0 Å². The van der Waals surface area contributed by atoms with E-state index in [2.05, 4.69) is 26.8 Å². The number of likely N-dealkylation sites (tertiary alicyclic amines) is 1. The highest BCUT2D eigenvalue weighted by molar-refractivity contribution is 5.96. The first-order chi connectivity index (χ1) is 29.0. The summed E-state index contributed by atoms with van der Waals surface area (Å²) in [6.07, 6.45) is 0.715. The molecule has 0 spiro atoms. The minimum absolute atomic E-state index is 0.0101. The summed E-state index contributed by atoms with van der Waals surface area (Å²) in [5.74, 6) is -3.33. The second-order valence-electron chi connectivity index (χ2n) is 16.9. The topological polar surface area (TPSA) is 188 Å². The molecule has 1 fully saturated rings. The molecule has 61 heavy (non-hydrogen) atoms. The lowest BCUT2D eigenvalue weighted by Crippen LogP contribution is -2.59. The van der Waals surface area contributed by atoms with Crippen molar-refractivity contribution in [2.24, 2.45) is 23.7 Å². The Bertz CT molecular complexity index is 1730. The first-order valence-corrected chi connectivity index (χ1v) is 21.6. The minimum Gasteiger partial charge on any atom is -0.379 e. The first kappa shape index (κ1) is 50.5. The lowest BCUT2D eigenvalue weighted by molar-refractivity contribution is -0.148. The number of likely N-dealkylation sites (N-methyl/N-ethyl adjacent to an activating group) is 2. The Morgan fingerprint density at radius 2 is 1.39 bits per heavy atom. The number of nitrogens with zero attached hydrogens (tertiary/aromatic N) is 2. The quantitative estimate of drug-likeness (QED) is 0.111. The molecule has 3 rings (SSSR count). The van der Waals surface area contributed by atoms with E-state index >= 15 is 0 Å². The van der Waals surface area contributed by atoms with Crippen molar-refractivity contribution in [1.29, 1.82) is 0 Å². The van der Waals surface area contributed by atoms with Crippen LogP contribution < -0.4 is 26.8 Å². The summed E-state index contributed by atoms with van der Waals surface area (Å²) in [6, 6.07) is 14.4. The van der Waals surface area contributed by atoms with E-state index in [0.29, 0.717) is 31.4 Å². The summed E-state index contributed by atoms with van der Waals surface area (Å²) in [5.41, 5.74) is 6.05. The molecule has 0 bridgehead atoms. The van der Waals surface area contributed by atoms with Gasteiger partial charge in [0.25, 0.3) is 11.8 Å². The van der Waals surface area contributed by atoms with Crippen molar-refractivity contribution in [1.82, 2.24) is 36.6 Å². The summed E-state index contributed by atoms with van der Waals surface area (Å²) in [4.78, 5) is 85.4. The highest BCUT2D eigenvalue weighted by Crippen LogP contribution is 2.30. The summed E-state index contributed by atoms with van der Waals surface area (Å²) in [7, 11) is 6.47. The van der Waals surface area contributed by atoms with E-state index in [1.165, 1.54) is 14.2 Å². The molecule has 0 radical (unpaired) electrons. The summed E-state index contributed by atoms with van der Waals surface area (Å²) < 4.78 is 12.0. The zero-order chi connectivity index (χ0) is 45.4. The van der Waals surface area contributed by atoms with Crippen molar-refractivity contribution in [3.8, 4) is 0 Å². The van der Waals surface area contributed by atoms with Crippen molar-refractivity contribution in [2.75, 3.05) is 34.9 Å². The molecule has 15 nitrogen and oxygen atoms in total. The predicted molar refractivity (Wildman–Crippen MR) is 235 cm³/mol. The second-order valence-corrected chi connectivity index (χ2v) is 16.9. The first-order valence-electron chi connectivity index (χ1n) is 21.6. The Morgan fingerprint density at radius 1 is 0.787 bits per heavy atom. The number of nitrogens with one attached hydrogen (secondary N) is 5. The number of hydrogen-bond donors (Lipinski definition) is 5. The van der Waals surface area contributed by atoms with Gasteiger partial charge in [-0.1, -0.05) is 103 Å². The van der Waals surface area contributed by atoms with Gasteiger partial charge < -0.3 is 35.2 Å². The summed E-state index contributed by atoms with van der Waals surface area (Å²) >= 11 is 0. The second kappa shape index (κ2) is 24.5. The monoisotopic (exact) mass is 850 g/mol. The molecule has 0 aromatic heterocycles. The van der Waals surface area contributed by atoms with Crippen LogP contribution in [-0.2, 0) is 39.9 Å². The molecule has 2 aromatic rings. The molecule has 15 heteroatoms. The van der Waals surface area contributed by atoms with Crippen LogP contribution in [0.1, 0.15) is 90.1 Å². The van der Waals surface area contributed by atoms with Crippen LogP contribution in [0.15, 0.2) is 60.7 Å². The van der Waals surface area contributed by atoms with Crippen LogP contribution in [-0.4, -0.2) is 123 Å². The van der Waals surface area contributed by atoms with E-state index in [9.17, 15) is 28.8 Å². The van der Waals surface area contributed by atoms with Crippen molar-refractivity contribution in [3.05, 3.63) is 71.8 Å². The number of hydrazine groups is 1. The maximum Gasteiger partial charge on any atom is 0.269 e. The number of carbonyl (C=O) groups excluding carboxylic acids is 6. The minimum atomic E-state index is -1.05. The number of rotatable bonds is 22. The van der Waals surface area contributed by atoms with E-state index in [1.807, 2.05) is 71.9 Å². The third kappa shape index (κ3) is 13.8. The number of amides is 6. The molecule has 0 unspecified atom stereocenters. The van der Waals surface area contributed by atoms with Crippen molar-refractivity contribution < 1.29 is 38.2 Å². The lowest BCUT2D eigenvalue weighted by Gasteiger charge is -2.41. The fourth-order valence-electron chi connectivity index (χ4n) is 8.28. The smallest absolute Gasteiger partial charge is 0.269 e. The molecule has 5 N–H and O–H groups in total. The Labute approximate surface area is 362 Å². The third-order valence-corrected chi connectivity index (χ3v) is 12.0.